The molecule has 1 atom stereocenters. The molecular formula is C29H34ClN3O4S. The third-order valence-corrected chi connectivity index (χ3v) is 8.08. The standard InChI is InChI=1S/C29H34ClN3O4S/c1-20(2)31-29(35)23(5)32(18-24-11-9-21(3)10-12-24)28(34)19-33(26-8-6-7-22(4)17-26)38(36,37)27-15-13-25(30)14-16-27/h6-17,20,23H,18-19H2,1-5H3,(H,31,35)/t23-/m0/s1. The molecule has 202 valence electrons. The van der Waals surface area contributed by atoms with Gasteiger partial charge in [-0.1, -0.05) is 53.6 Å². The van der Waals surface area contributed by atoms with Gasteiger partial charge >= 0.3 is 0 Å². The molecule has 0 aliphatic carbocycles. The van der Waals surface area contributed by atoms with Gasteiger partial charge in [-0.25, -0.2) is 8.42 Å². The van der Waals surface area contributed by atoms with E-state index in [2.05, 4.69) is 5.32 Å². The van der Waals surface area contributed by atoms with Crippen LogP contribution in [0.15, 0.2) is 77.7 Å². The number of sulfonamides is 1. The molecular weight excluding hydrogens is 522 g/mol. The number of rotatable bonds is 10. The second-order valence-corrected chi connectivity index (χ2v) is 11.9. The van der Waals surface area contributed by atoms with Crippen LogP contribution in [0.2, 0.25) is 5.02 Å². The summed E-state index contributed by atoms with van der Waals surface area (Å²) < 4.78 is 28.7. The topological polar surface area (TPSA) is 86.8 Å². The summed E-state index contributed by atoms with van der Waals surface area (Å²) >= 11 is 5.99. The number of aryl methyl sites for hydroxylation is 2. The second-order valence-electron chi connectivity index (χ2n) is 9.65. The fourth-order valence-corrected chi connectivity index (χ4v) is 5.46. The lowest BCUT2D eigenvalue weighted by atomic mass is 10.1. The van der Waals surface area contributed by atoms with Crippen molar-refractivity contribution in [2.24, 2.45) is 0 Å². The van der Waals surface area contributed by atoms with Crippen molar-refractivity contribution in [3.63, 3.8) is 0 Å². The predicted molar refractivity (Wildman–Crippen MR) is 152 cm³/mol. The summed E-state index contributed by atoms with van der Waals surface area (Å²) in [6.07, 6.45) is 0. The van der Waals surface area contributed by atoms with Crippen molar-refractivity contribution < 1.29 is 18.0 Å². The van der Waals surface area contributed by atoms with E-state index in [1.165, 1.54) is 29.2 Å². The van der Waals surface area contributed by atoms with Gasteiger partial charge in [0.2, 0.25) is 11.8 Å². The number of hydrogen-bond acceptors (Lipinski definition) is 4. The number of anilines is 1. The van der Waals surface area contributed by atoms with Crippen LogP contribution < -0.4 is 9.62 Å². The molecule has 38 heavy (non-hydrogen) atoms. The zero-order valence-corrected chi connectivity index (χ0v) is 23.9. The van der Waals surface area contributed by atoms with Gasteiger partial charge in [0.1, 0.15) is 12.6 Å². The maximum Gasteiger partial charge on any atom is 0.264 e. The van der Waals surface area contributed by atoms with Crippen molar-refractivity contribution in [2.45, 2.75) is 58.1 Å². The van der Waals surface area contributed by atoms with Gasteiger partial charge in [-0.2, -0.15) is 0 Å². The molecule has 9 heteroatoms. The first-order valence-electron chi connectivity index (χ1n) is 12.4. The molecule has 0 spiro atoms. The van der Waals surface area contributed by atoms with E-state index in [0.29, 0.717) is 10.7 Å². The quantitative estimate of drug-likeness (QED) is 0.377. The number of hydrogen-bond donors (Lipinski definition) is 1. The number of halogens is 1. The van der Waals surface area contributed by atoms with Crippen molar-refractivity contribution in [2.75, 3.05) is 10.8 Å². The lowest BCUT2D eigenvalue weighted by Crippen LogP contribution is -2.52. The van der Waals surface area contributed by atoms with Crippen molar-refractivity contribution in [1.82, 2.24) is 10.2 Å². The molecule has 0 fully saturated rings. The smallest absolute Gasteiger partial charge is 0.264 e. The number of amides is 2. The molecule has 0 aliphatic heterocycles. The Morgan fingerprint density at radius 2 is 1.53 bits per heavy atom. The predicted octanol–water partition coefficient (Wildman–Crippen LogP) is 5.09. The minimum absolute atomic E-state index is 0.00638. The van der Waals surface area contributed by atoms with E-state index in [1.807, 2.05) is 58.0 Å². The third-order valence-electron chi connectivity index (χ3n) is 6.04. The SMILES string of the molecule is Cc1ccc(CN(C(=O)CN(c2cccc(C)c2)S(=O)(=O)c2ccc(Cl)cc2)[C@@H](C)C(=O)NC(C)C)cc1. The van der Waals surface area contributed by atoms with Crippen LogP contribution in [0.25, 0.3) is 0 Å². The molecule has 0 bridgehead atoms. The zero-order valence-electron chi connectivity index (χ0n) is 22.3. The van der Waals surface area contributed by atoms with E-state index in [0.717, 1.165) is 21.0 Å². The van der Waals surface area contributed by atoms with Crippen LogP contribution in [-0.4, -0.2) is 43.8 Å². The van der Waals surface area contributed by atoms with E-state index in [-0.39, 0.29) is 23.4 Å². The lowest BCUT2D eigenvalue weighted by molar-refractivity contribution is -0.139. The Hall–Kier alpha value is -3.36. The molecule has 0 heterocycles. The Labute approximate surface area is 230 Å². The van der Waals surface area contributed by atoms with E-state index in [9.17, 15) is 18.0 Å². The van der Waals surface area contributed by atoms with Crippen LogP contribution in [0.1, 0.15) is 37.5 Å². The van der Waals surface area contributed by atoms with Gasteiger partial charge < -0.3 is 10.2 Å². The Balaban J connectivity index is 2.03. The highest BCUT2D eigenvalue weighted by atomic mass is 35.5. The van der Waals surface area contributed by atoms with Gasteiger partial charge in [0, 0.05) is 17.6 Å². The fourth-order valence-electron chi connectivity index (χ4n) is 3.92. The van der Waals surface area contributed by atoms with Crippen molar-refractivity contribution >= 4 is 39.1 Å². The molecule has 0 aromatic heterocycles. The number of nitrogens with zero attached hydrogens (tertiary/aromatic N) is 2. The summed E-state index contributed by atoms with van der Waals surface area (Å²) in [4.78, 5) is 28.2. The minimum Gasteiger partial charge on any atom is -0.352 e. The molecule has 2 amide bonds. The second kappa shape index (κ2) is 12.5. The van der Waals surface area contributed by atoms with Gasteiger partial charge in [-0.05, 0) is 82.1 Å². The van der Waals surface area contributed by atoms with Crippen LogP contribution in [0, 0.1) is 13.8 Å². The average Bonchev–Trinajstić information content (AvgIpc) is 2.86. The van der Waals surface area contributed by atoms with E-state index >= 15 is 0 Å². The number of carbonyl (C=O) groups is 2. The highest BCUT2D eigenvalue weighted by Gasteiger charge is 2.32. The Morgan fingerprint density at radius 1 is 0.895 bits per heavy atom. The summed E-state index contributed by atoms with van der Waals surface area (Å²) in [5.41, 5.74) is 3.09. The maximum atomic E-state index is 13.9. The van der Waals surface area contributed by atoms with E-state index < -0.39 is 28.5 Å². The highest BCUT2D eigenvalue weighted by molar-refractivity contribution is 7.92. The Morgan fingerprint density at radius 3 is 2.11 bits per heavy atom. The largest absolute Gasteiger partial charge is 0.352 e. The van der Waals surface area contributed by atoms with E-state index in [1.54, 1.807) is 25.1 Å². The van der Waals surface area contributed by atoms with Gasteiger partial charge in [0.25, 0.3) is 10.0 Å². The van der Waals surface area contributed by atoms with Gasteiger partial charge in [-0.3, -0.25) is 13.9 Å². The molecule has 0 saturated carbocycles. The molecule has 0 aliphatic rings. The normalized spacial score (nSPS) is 12.2. The van der Waals surface area contributed by atoms with Gasteiger partial charge in [-0.15, -0.1) is 0 Å². The van der Waals surface area contributed by atoms with Crippen LogP contribution >= 0.6 is 11.6 Å². The average molecular weight is 556 g/mol. The molecule has 1 N–H and O–H groups in total. The number of benzene rings is 3. The number of carbonyl (C=O) groups excluding carboxylic acids is 2. The zero-order chi connectivity index (χ0) is 28.0. The fraction of sp³-hybridized carbons (Fsp3) is 0.310. The van der Waals surface area contributed by atoms with Crippen molar-refractivity contribution in [3.05, 3.63) is 94.5 Å². The molecule has 3 rings (SSSR count). The minimum atomic E-state index is -4.13. The van der Waals surface area contributed by atoms with Crippen molar-refractivity contribution in [3.8, 4) is 0 Å². The van der Waals surface area contributed by atoms with E-state index in [4.69, 9.17) is 11.6 Å². The van der Waals surface area contributed by atoms with Crippen molar-refractivity contribution in [1.29, 1.82) is 0 Å². The first-order chi connectivity index (χ1) is 17.9. The summed E-state index contributed by atoms with van der Waals surface area (Å²) in [5.74, 6) is -0.820. The van der Waals surface area contributed by atoms with Gasteiger partial charge in [0.05, 0.1) is 10.6 Å². The lowest BCUT2D eigenvalue weighted by Gasteiger charge is -2.32. The highest BCUT2D eigenvalue weighted by Crippen LogP contribution is 2.26. The monoisotopic (exact) mass is 555 g/mol. The molecule has 7 nitrogen and oxygen atoms in total. The Kier molecular flexibility index (Phi) is 9.57. The first-order valence-corrected chi connectivity index (χ1v) is 14.2. The summed E-state index contributed by atoms with van der Waals surface area (Å²) in [6.45, 7) is 8.81. The first kappa shape index (κ1) is 29.2. The third kappa shape index (κ3) is 7.36. The molecule has 0 unspecified atom stereocenters. The van der Waals surface area contributed by atoms with Crippen LogP contribution in [0.5, 0.6) is 0 Å². The summed E-state index contributed by atoms with van der Waals surface area (Å²) in [6, 6.07) is 19.5. The molecule has 3 aromatic rings. The van der Waals surface area contributed by atoms with Crippen LogP contribution in [0.4, 0.5) is 5.69 Å². The molecule has 0 saturated heterocycles. The Bertz CT molecular complexity index is 1370. The molecule has 3 aromatic carbocycles. The molecule has 0 radical (unpaired) electrons. The van der Waals surface area contributed by atoms with Gasteiger partial charge in [0.15, 0.2) is 0 Å². The summed E-state index contributed by atoms with van der Waals surface area (Å²) in [5, 5.41) is 3.25. The summed E-state index contributed by atoms with van der Waals surface area (Å²) in [7, 11) is -4.13. The van der Waals surface area contributed by atoms with Crippen LogP contribution in [0.3, 0.4) is 0 Å². The number of nitrogens with one attached hydrogen (secondary N) is 1. The maximum absolute atomic E-state index is 13.9. The van der Waals surface area contributed by atoms with Crippen LogP contribution in [-0.2, 0) is 26.2 Å².